The molecule has 0 radical (unpaired) electrons. The third-order valence-electron chi connectivity index (χ3n) is 18.6. The topological polar surface area (TPSA) is 237 Å². The number of ether oxygens (including phenoxy) is 4. The second-order valence-electron chi connectivity index (χ2n) is 30.7. The molecule has 17 nitrogen and oxygen atoms in total. The monoisotopic (exact) mass is 1450 g/mol. The Kier molecular flexibility index (Phi) is 67.8. The van der Waals surface area contributed by atoms with E-state index in [1.165, 1.54) is 205 Å². The molecule has 0 aromatic rings. The van der Waals surface area contributed by atoms with Gasteiger partial charge in [0.2, 0.25) is 0 Å². The quantitative estimate of drug-likeness (QED) is 0.0222. The number of hydrogen-bond donors (Lipinski definition) is 3. The molecule has 19 heteroatoms. The average molecular weight is 1450 g/mol. The van der Waals surface area contributed by atoms with Crippen LogP contribution in [0.1, 0.15) is 409 Å². The van der Waals surface area contributed by atoms with E-state index in [9.17, 15) is 43.2 Å². The number of carbonyl (C=O) groups excluding carboxylic acids is 4. The maximum absolute atomic E-state index is 13.1. The molecule has 0 bridgehead atoms. The Bertz CT molecular complexity index is 1940. The number of esters is 4. The number of aliphatic hydroxyl groups excluding tert-OH is 1. The first-order valence-electron chi connectivity index (χ1n) is 41.2. The molecule has 0 aliphatic heterocycles. The highest BCUT2D eigenvalue weighted by Gasteiger charge is 2.30. The second-order valence-corrected chi connectivity index (χ2v) is 33.6. The van der Waals surface area contributed by atoms with Gasteiger partial charge in [0.15, 0.2) is 12.2 Å². The van der Waals surface area contributed by atoms with Gasteiger partial charge < -0.3 is 33.8 Å². The summed E-state index contributed by atoms with van der Waals surface area (Å²) in [6, 6.07) is 0. The van der Waals surface area contributed by atoms with Crippen molar-refractivity contribution in [3.63, 3.8) is 0 Å². The third kappa shape index (κ3) is 74.1. The van der Waals surface area contributed by atoms with E-state index in [0.717, 1.165) is 114 Å². The molecular formula is C80H156O17P2. The van der Waals surface area contributed by atoms with E-state index in [2.05, 4.69) is 55.4 Å². The van der Waals surface area contributed by atoms with E-state index < -0.39 is 97.5 Å². The van der Waals surface area contributed by atoms with Crippen molar-refractivity contribution in [2.75, 3.05) is 39.6 Å². The highest BCUT2D eigenvalue weighted by Crippen LogP contribution is 2.45. The summed E-state index contributed by atoms with van der Waals surface area (Å²) in [5.74, 6) is 0.958. The van der Waals surface area contributed by atoms with Crippen molar-refractivity contribution in [1.82, 2.24) is 0 Å². The van der Waals surface area contributed by atoms with E-state index in [4.69, 9.17) is 37.0 Å². The van der Waals surface area contributed by atoms with Crippen LogP contribution in [0.15, 0.2) is 0 Å². The molecule has 3 unspecified atom stereocenters. The first-order chi connectivity index (χ1) is 47.6. The van der Waals surface area contributed by atoms with Gasteiger partial charge in [-0.1, -0.05) is 357 Å². The van der Waals surface area contributed by atoms with Crippen molar-refractivity contribution in [1.29, 1.82) is 0 Å². The first-order valence-corrected chi connectivity index (χ1v) is 44.2. The van der Waals surface area contributed by atoms with Gasteiger partial charge in [0.25, 0.3) is 0 Å². The van der Waals surface area contributed by atoms with Crippen LogP contribution in [-0.2, 0) is 65.4 Å². The van der Waals surface area contributed by atoms with Gasteiger partial charge in [-0.3, -0.25) is 37.3 Å². The highest BCUT2D eigenvalue weighted by molar-refractivity contribution is 7.47. The zero-order valence-corrected chi connectivity index (χ0v) is 66.9. The fraction of sp³-hybridized carbons (Fsp3) is 0.950. The third-order valence-corrected chi connectivity index (χ3v) is 20.5. The first kappa shape index (κ1) is 97.1. The Morgan fingerprint density at radius 3 is 0.626 bits per heavy atom. The molecular weight excluding hydrogens is 1290 g/mol. The molecule has 0 aromatic heterocycles. The second kappa shape index (κ2) is 69.1. The maximum Gasteiger partial charge on any atom is 0.472 e. The normalized spacial score (nSPS) is 14.1. The highest BCUT2D eigenvalue weighted by atomic mass is 31.2. The Balaban J connectivity index is 5.24. The number of aliphatic hydroxyl groups is 1. The Morgan fingerprint density at radius 1 is 0.253 bits per heavy atom. The lowest BCUT2D eigenvalue weighted by atomic mass is 10.0. The molecule has 0 aliphatic rings. The van der Waals surface area contributed by atoms with Crippen LogP contribution in [0, 0.1) is 23.7 Å². The summed E-state index contributed by atoms with van der Waals surface area (Å²) >= 11 is 0. The number of unbranched alkanes of at least 4 members (excludes halogenated alkanes) is 43. The van der Waals surface area contributed by atoms with Gasteiger partial charge in [0, 0.05) is 25.7 Å². The molecule has 0 rings (SSSR count). The van der Waals surface area contributed by atoms with Crippen LogP contribution in [0.25, 0.3) is 0 Å². The summed E-state index contributed by atoms with van der Waals surface area (Å²) in [6.45, 7) is 14.2. The fourth-order valence-corrected chi connectivity index (χ4v) is 13.8. The van der Waals surface area contributed by atoms with Gasteiger partial charge in [-0.05, 0) is 49.4 Å². The molecule has 0 aliphatic carbocycles. The van der Waals surface area contributed by atoms with Crippen molar-refractivity contribution in [3.8, 4) is 0 Å². The summed E-state index contributed by atoms with van der Waals surface area (Å²) in [6.07, 6.45) is 55.5. The molecule has 0 amide bonds. The average Bonchev–Trinajstić information content (AvgIpc) is 0.993. The van der Waals surface area contributed by atoms with Crippen LogP contribution < -0.4 is 0 Å². The fourth-order valence-electron chi connectivity index (χ4n) is 12.3. The van der Waals surface area contributed by atoms with Gasteiger partial charge in [-0.2, -0.15) is 0 Å². The van der Waals surface area contributed by atoms with Crippen molar-refractivity contribution >= 4 is 39.5 Å². The molecule has 588 valence electrons. The molecule has 0 saturated carbocycles. The molecule has 5 atom stereocenters. The molecule has 0 saturated heterocycles. The number of rotatable bonds is 77. The van der Waals surface area contributed by atoms with Crippen molar-refractivity contribution in [2.45, 2.75) is 427 Å². The van der Waals surface area contributed by atoms with Crippen molar-refractivity contribution in [2.24, 2.45) is 23.7 Å². The summed E-state index contributed by atoms with van der Waals surface area (Å²) in [5, 5.41) is 10.6. The number of hydrogen-bond acceptors (Lipinski definition) is 15. The number of phosphoric ester groups is 2. The smallest absolute Gasteiger partial charge is 0.462 e. The maximum atomic E-state index is 13.1. The summed E-state index contributed by atoms with van der Waals surface area (Å²) < 4.78 is 68.7. The molecule has 0 heterocycles. The zero-order chi connectivity index (χ0) is 73.1. The van der Waals surface area contributed by atoms with Crippen LogP contribution >= 0.6 is 15.6 Å². The molecule has 0 aromatic carbocycles. The van der Waals surface area contributed by atoms with Crippen LogP contribution in [0.5, 0.6) is 0 Å². The Hall–Kier alpha value is -1.94. The molecule has 3 N–H and O–H groups in total. The minimum atomic E-state index is -4.96. The van der Waals surface area contributed by atoms with Crippen LogP contribution in [0.4, 0.5) is 0 Å². The van der Waals surface area contributed by atoms with Gasteiger partial charge >= 0.3 is 39.5 Å². The van der Waals surface area contributed by atoms with E-state index in [0.29, 0.717) is 31.6 Å². The molecule has 99 heavy (non-hydrogen) atoms. The van der Waals surface area contributed by atoms with Gasteiger partial charge in [0.1, 0.15) is 19.3 Å². The van der Waals surface area contributed by atoms with Crippen molar-refractivity contribution in [3.05, 3.63) is 0 Å². The lowest BCUT2D eigenvalue weighted by Crippen LogP contribution is -2.30. The summed E-state index contributed by atoms with van der Waals surface area (Å²) in [7, 11) is -9.92. The molecule has 0 fully saturated rings. The lowest BCUT2D eigenvalue weighted by Gasteiger charge is -2.21. The zero-order valence-electron chi connectivity index (χ0n) is 65.1. The van der Waals surface area contributed by atoms with Gasteiger partial charge in [0.05, 0.1) is 26.4 Å². The molecule has 0 spiro atoms. The SMILES string of the molecule is CC(C)CCCCCCCCCCCCCCCCCC(=O)O[C@H](COC(=O)CCCCCCCCCC(C)C)COP(=O)(O)OCC(O)COP(=O)(O)OC[C@@H](COC(=O)CCCCCCCCCCCCCC(C)C)OC(=O)CCCCCCCCCCCCCCCCC(C)C. The van der Waals surface area contributed by atoms with Gasteiger partial charge in [-0.25, -0.2) is 9.13 Å². The standard InChI is InChI=1S/C80H156O17P2/c1-70(2)56-48-40-32-25-19-14-10-9-11-16-22-29-37-46-54-62-80(85)97-76(67-91-78(83)61-53-45-39-31-35-43-51-59-73(7)8)69-95-99(88,89)93-65-74(81)64-92-98(86,87)94-68-75(66-90-77(82)60-52-44-36-28-24-18-21-27-34-42-50-58-72(5)6)96-79(84)63-55-47-38-30-23-17-13-12-15-20-26-33-41-49-57-71(3)4/h70-76,81H,9-69H2,1-8H3,(H,86,87)(H,88,89)/t74?,75-,76-/m1/s1. The predicted molar refractivity (Wildman–Crippen MR) is 404 cm³/mol. The number of phosphoric acid groups is 2. The van der Waals surface area contributed by atoms with E-state index in [-0.39, 0.29) is 25.7 Å². The summed E-state index contributed by atoms with van der Waals surface area (Å²) in [4.78, 5) is 73.0. The van der Waals surface area contributed by atoms with Crippen molar-refractivity contribution < 1.29 is 80.2 Å². The number of carbonyl (C=O) groups is 4. The van der Waals surface area contributed by atoms with E-state index in [1.807, 2.05) is 0 Å². The Morgan fingerprint density at radius 2 is 0.424 bits per heavy atom. The van der Waals surface area contributed by atoms with E-state index >= 15 is 0 Å². The minimum Gasteiger partial charge on any atom is -0.462 e. The van der Waals surface area contributed by atoms with Crippen LogP contribution in [-0.4, -0.2) is 96.7 Å². The van der Waals surface area contributed by atoms with E-state index in [1.54, 1.807) is 0 Å². The van der Waals surface area contributed by atoms with Gasteiger partial charge in [-0.15, -0.1) is 0 Å². The predicted octanol–water partition coefficient (Wildman–Crippen LogP) is 23.6. The lowest BCUT2D eigenvalue weighted by molar-refractivity contribution is -0.161. The largest absolute Gasteiger partial charge is 0.472 e. The van der Waals surface area contributed by atoms with Crippen LogP contribution in [0.3, 0.4) is 0 Å². The summed E-state index contributed by atoms with van der Waals surface area (Å²) in [5.41, 5.74) is 0. The van der Waals surface area contributed by atoms with Crippen LogP contribution in [0.2, 0.25) is 0 Å². The Labute approximate surface area is 607 Å². The minimum absolute atomic E-state index is 0.107.